The van der Waals surface area contributed by atoms with Crippen molar-refractivity contribution in [2.75, 3.05) is 7.11 Å². The lowest BCUT2D eigenvalue weighted by Gasteiger charge is -2.02. The molecule has 0 atom stereocenters. The van der Waals surface area contributed by atoms with Gasteiger partial charge < -0.3 is 28.7 Å². The minimum atomic E-state index is 0. The van der Waals surface area contributed by atoms with Gasteiger partial charge in [0, 0.05) is 18.6 Å². The van der Waals surface area contributed by atoms with E-state index in [1.165, 1.54) is 85.0 Å². The first-order valence-corrected chi connectivity index (χ1v) is 12.9. The molecule has 0 saturated carbocycles. The second-order valence-corrected chi connectivity index (χ2v) is 9.41. The van der Waals surface area contributed by atoms with Crippen molar-refractivity contribution in [1.29, 1.82) is 0 Å². The van der Waals surface area contributed by atoms with Crippen molar-refractivity contribution in [3.8, 4) is 5.75 Å². The maximum Gasteiger partial charge on any atom is 0.262 e. The SMILES string of the molecule is CCCCCCCCCCCC[n+]1c(/C=C/c2ccc(OC)cc2)sc2ccccc21.[I-]. The number of hydrogen-bond acceptors (Lipinski definition) is 2. The van der Waals surface area contributed by atoms with E-state index in [-0.39, 0.29) is 24.0 Å². The van der Waals surface area contributed by atoms with E-state index in [1.807, 2.05) is 23.5 Å². The van der Waals surface area contributed by atoms with E-state index in [1.54, 1.807) is 7.11 Å². The predicted molar refractivity (Wildman–Crippen MR) is 136 cm³/mol. The van der Waals surface area contributed by atoms with Crippen molar-refractivity contribution >= 4 is 33.7 Å². The molecule has 0 aliphatic heterocycles. The zero-order chi connectivity index (χ0) is 21.7. The molecule has 2 aromatic carbocycles. The van der Waals surface area contributed by atoms with Gasteiger partial charge in [-0.3, -0.25) is 0 Å². The molecule has 0 aliphatic carbocycles. The number of nitrogens with zero attached hydrogens (tertiary/aromatic N) is 1. The number of hydrogen-bond donors (Lipinski definition) is 0. The average Bonchev–Trinajstić information content (AvgIpc) is 3.16. The summed E-state index contributed by atoms with van der Waals surface area (Å²) in [6.45, 7) is 3.39. The highest BCUT2D eigenvalue weighted by atomic mass is 127. The van der Waals surface area contributed by atoms with E-state index >= 15 is 0 Å². The number of halogens is 1. The van der Waals surface area contributed by atoms with E-state index in [0.717, 1.165) is 12.3 Å². The Hall–Kier alpha value is -1.40. The highest BCUT2D eigenvalue weighted by molar-refractivity contribution is 7.18. The minimum absolute atomic E-state index is 0. The van der Waals surface area contributed by atoms with Crippen molar-refractivity contribution in [1.82, 2.24) is 0 Å². The van der Waals surface area contributed by atoms with Gasteiger partial charge in [0.1, 0.15) is 10.4 Å². The van der Waals surface area contributed by atoms with Crippen LogP contribution >= 0.6 is 11.3 Å². The summed E-state index contributed by atoms with van der Waals surface area (Å²) in [5.74, 6) is 0.898. The maximum absolute atomic E-state index is 5.27. The van der Waals surface area contributed by atoms with Crippen molar-refractivity contribution in [3.63, 3.8) is 0 Å². The third kappa shape index (κ3) is 8.51. The van der Waals surface area contributed by atoms with Crippen LogP contribution in [0.4, 0.5) is 0 Å². The Balaban J connectivity index is 0.00000363. The van der Waals surface area contributed by atoms with Crippen LogP contribution in [0.5, 0.6) is 5.75 Å². The zero-order valence-corrected chi connectivity index (χ0v) is 22.7. The second kappa shape index (κ2) is 15.4. The summed E-state index contributed by atoms with van der Waals surface area (Å²) >= 11 is 1.88. The Morgan fingerprint density at radius 1 is 0.781 bits per heavy atom. The smallest absolute Gasteiger partial charge is 0.262 e. The van der Waals surface area contributed by atoms with Gasteiger partial charge in [0.2, 0.25) is 5.52 Å². The molecule has 0 amide bonds. The summed E-state index contributed by atoms with van der Waals surface area (Å²) in [6, 6.07) is 17.0. The van der Waals surface area contributed by atoms with E-state index in [0.29, 0.717) is 0 Å². The van der Waals surface area contributed by atoms with Gasteiger partial charge in [0.05, 0.1) is 7.11 Å². The van der Waals surface area contributed by atoms with Crippen LogP contribution in [0.2, 0.25) is 0 Å². The fourth-order valence-corrected chi connectivity index (χ4v) is 5.14. The standard InChI is InChI=1S/C28H38NOS.HI/c1-3-4-5-6-7-8-9-10-11-14-23-29-26-15-12-13-16-27(26)31-28(29)22-19-24-17-20-25(30-2)21-18-24;/h12-13,15-22H,3-11,14,23H2,1-2H3;1H/q+1;/p-1/b22-19+;. The highest BCUT2D eigenvalue weighted by Gasteiger charge is 2.17. The summed E-state index contributed by atoms with van der Waals surface area (Å²) in [4.78, 5) is 0. The number of methoxy groups -OCH3 is 1. The van der Waals surface area contributed by atoms with Crippen LogP contribution in [0, 0.1) is 0 Å². The monoisotopic (exact) mass is 563 g/mol. The van der Waals surface area contributed by atoms with Gasteiger partial charge in [-0.15, -0.1) is 0 Å². The minimum Gasteiger partial charge on any atom is -1.00 e. The molecule has 1 aromatic heterocycles. The van der Waals surface area contributed by atoms with Crippen molar-refractivity contribution < 1.29 is 33.3 Å². The Kier molecular flexibility index (Phi) is 13.0. The van der Waals surface area contributed by atoms with E-state index in [9.17, 15) is 0 Å². The number of para-hydroxylation sites is 1. The van der Waals surface area contributed by atoms with Gasteiger partial charge in [-0.25, -0.2) is 0 Å². The highest BCUT2D eigenvalue weighted by Crippen LogP contribution is 2.23. The summed E-state index contributed by atoms with van der Waals surface area (Å²) in [6.07, 6.45) is 18.2. The van der Waals surface area contributed by atoms with Gasteiger partial charge in [0.25, 0.3) is 5.01 Å². The molecule has 32 heavy (non-hydrogen) atoms. The number of unbranched alkanes of at least 4 members (excludes halogenated alkanes) is 9. The van der Waals surface area contributed by atoms with E-state index < -0.39 is 0 Å². The van der Waals surface area contributed by atoms with Crippen LogP contribution < -0.4 is 33.3 Å². The Morgan fingerprint density at radius 2 is 1.41 bits per heavy atom. The van der Waals surface area contributed by atoms with Crippen molar-refractivity contribution in [2.45, 2.75) is 77.7 Å². The molecule has 0 saturated heterocycles. The number of benzene rings is 2. The molecule has 0 fully saturated rings. The number of aromatic nitrogens is 1. The zero-order valence-electron chi connectivity index (χ0n) is 19.7. The first kappa shape index (κ1) is 26.8. The summed E-state index contributed by atoms with van der Waals surface area (Å²) in [5, 5.41) is 1.33. The third-order valence-electron chi connectivity index (χ3n) is 5.91. The molecule has 0 bridgehead atoms. The molecule has 0 N–H and O–H groups in total. The summed E-state index contributed by atoms with van der Waals surface area (Å²) in [7, 11) is 1.71. The van der Waals surface area contributed by atoms with Gasteiger partial charge in [-0.2, -0.15) is 4.57 Å². The summed E-state index contributed by atoms with van der Waals surface area (Å²) < 4.78 is 9.14. The Labute approximate surface area is 215 Å². The number of rotatable bonds is 14. The molecule has 0 aliphatic rings. The fourth-order valence-electron chi connectivity index (χ4n) is 4.05. The van der Waals surface area contributed by atoms with Crippen LogP contribution in [0.25, 0.3) is 22.4 Å². The third-order valence-corrected chi connectivity index (χ3v) is 7.04. The molecular weight excluding hydrogens is 525 g/mol. The molecule has 3 aromatic rings. The lowest BCUT2D eigenvalue weighted by atomic mass is 10.1. The van der Waals surface area contributed by atoms with Gasteiger partial charge in [0.15, 0.2) is 6.54 Å². The van der Waals surface area contributed by atoms with Crippen molar-refractivity contribution in [3.05, 3.63) is 59.1 Å². The molecule has 1 heterocycles. The van der Waals surface area contributed by atoms with Crippen molar-refractivity contribution in [2.24, 2.45) is 0 Å². The second-order valence-electron chi connectivity index (χ2n) is 8.35. The average molecular weight is 564 g/mol. The molecule has 4 heteroatoms. The normalized spacial score (nSPS) is 11.2. The van der Waals surface area contributed by atoms with Crippen LogP contribution in [0.3, 0.4) is 0 Å². The lowest BCUT2D eigenvalue weighted by Crippen LogP contribution is -3.00. The number of thiazole rings is 1. The first-order chi connectivity index (χ1) is 15.3. The number of aryl methyl sites for hydroxylation is 1. The number of ether oxygens (including phenoxy) is 1. The first-order valence-electron chi connectivity index (χ1n) is 12.1. The molecule has 0 unspecified atom stereocenters. The molecule has 3 rings (SSSR count). The molecule has 174 valence electrons. The topological polar surface area (TPSA) is 13.1 Å². The molecule has 0 radical (unpaired) electrons. The van der Waals surface area contributed by atoms with Gasteiger partial charge in [-0.1, -0.05) is 93.9 Å². The van der Waals surface area contributed by atoms with Crippen LogP contribution in [0.1, 0.15) is 81.7 Å². The van der Waals surface area contributed by atoms with Crippen LogP contribution in [-0.4, -0.2) is 7.11 Å². The Bertz CT molecular complexity index is 932. The molecule has 0 spiro atoms. The van der Waals surface area contributed by atoms with E-state index in [2.05, 4.69) is 60.0 Å². The predicted octanol–water partition coefficient (Wildman–Crippen LogP) is 5.29. The van der Waals surface area contributed by atoms with E-state index in [4.69, 9.17) is 4.74 Å². The fraction of sp³-hybridized carbons (Fsp3) is 0.464. The quantitative estimate of drug-likeness (QED) is 0.148. The molecule has 2 nitrogen and oxygen atoms in total. The van der Waals surface area contributed by atoms with Crippen LogP contribution in [0.15, 0.2) is 48.5 Å². The maximum atomic E-state index is 5.27. The molecular formula is C28H38INOS. The van der Waals surface area contributed by atoms with Gasteiger partial charge >= 0.3 is 0 Å². The van der Waals surface area contributed by atoms with Crippen LogP contribution in [-0.2, 0) is 6.54 Å². The Morgan fingerprint density at radius 3 is 2.06 bits per heavy atom. The van der Waals surface area contributed by atoms with Gasteiger partial charge in [-0.05, 0) is 36.3 Å². The lowest BCUT2D eigenvalue weighted by molar-refractivity contribution is -0.669. The largest absolute Gasteiger partial charge is 1.00 e. The summed E-state index contributed by atoms with van der Waals surface area (Å²) in [5.41, 5.74) is 2.56. The number of fused-ring (bicyclic) bond motifs is 1.